The smallest absolute Gasteiger partial charge is 0.203 e. The van der Waals surface area contributed by atoms with E-state index in [2.05, 4.69) is 26.0 Å². The Labute approximate surface area is 175 Å². The Kier molecular flexibility index (Phi) is 8.07. The Bertz CT molecular complexity index is 740. The molecule has 29 heavy (non-hydrogen) atoms. The molecule has 0 aromatic heterocycles. The molecule has 2 aliphatic rings. The van der Waals surface area contributed by atoms with Gasteiger partial charge in [0.1, 0.15) is 0 Å². The Morgan fingerprint density at radius 2 is 1.79 bits per heavy atom. The zero-order valence-electron chi connectivity index (χ0n) is 18.7. The van der Waals surface area contributed by atoms with Gasteiger partial charge in [0.2, 0.25) is 5.78 Å². The Morgan fingerprint density at radius 1 is 1.14 bits per heavy atom. The molecule has 4 heteroatoms. The van der Waals surface area contributed by atoms with Crippen molar-refractivity contribution in [2.45, 2.75) is 79.2 Å². The van der Waals surface area contributed by atoms with Crippen LogP contribution >= 0.6 is 0 Å². The monoisotopic (exact) mass is 402 g/mol. The van der Waals surface area contributed by atoms with Crippen molar-refractivity contribution in [2.24, 2.45) is 17.3 Å². The zero-order valence-corrected chi connectivity index (χ0v) is 18.7. The molecule has 0 saturated carbocycles. The van der Waals surface area contributed by atoms with Crippen molar-refractivity contribution >= 4 is 5.78 Å². The van der Waals surface area contributed by atoms with Gasteiger partial charge in [0.15, 0.2) is 5.76 Å². The van der Waals surface area contributed by atoms with E-state index in [-0.39, 0.29) is 30.0 Å². The van der Waals surface area contributed by atoms with Crippen LogP contribution in [-0.2, 0) is 4.79 Å². The summed E-state index contributed by atoms with van der Waals surface area (Å²) in [6.07, 6.45) is 10.4. The third kappa shape index (κ3) is 5.29. The molecule has 0 amide bonds. The van der Waals surface area contributed by atoms with E-state index in [4.69, 9.17) is 0 Å². The Hall–Kier alpha value is -1.65. The number of carbonyl (C=O) groups is 1. The molecule has 162 valence electrons. The van der Waals surface area contributed by atoms with E-state index in [1.165, 1.54) is 11.1 Å². The highest BCUT2D eigenvalue weighted by atomic mass is 16.3. The Balaban J connectivity index is 2.46. The van der Waals surface area contributed by atoms with Crippen molar-refractivity contribution in [1.29, 1.82) is 0 Å². The van der Waals surface area contributed by atoms with Crippen LogP contribution in [0.1, 0.15) is 73.1 Å². The highest BCUT2D eigenvalue weighted by molar-refractivity contribution is 6.02. The fourth-order valence-electron chi connectivity index (χ4n) is 4.53. The summed E-state index contributed by atoms with van der Waals surface area (Å²) in [5.74, 6) is -0.860. The molecule has 0 aromatic carbocycles. The van der Waals surface area contributed by atoms with Gasteiger partial charge >= 0.3 is 0 Å². The molecule has 4 atom stereocenters. The van der Waals surface area contributed by atoms with Crippen molar-refractivity contribution in [3.05, 3.63) is 46.3 Å². The molecule has 0 bridgehead atoms. The number of fused-ring (bicyclic) bond motifs is 1. The summed E-state index contributed by atoms with van der Waals surface area (Å²) in [6.45, 7) is 9.81. The van der Waals surface area contributed by atoms with Gasteiger partial charge in [0.05, 0.1) is 6.10 Å². The number of rotatable bonds is 2. The van der Waals surface area contributed by atoms with Crippen LogP contribution in [0.4, 0.5) is 0 Å². The number of aliphatic hydroxyl groups excluding tert-OH is 3. The number of aliphatic hydroxyl groups is 3. The zero-order chi connectivity index (χ0) is 21.8. The lowest BCUT2D eigenvalue weighted by Gasteiger charge is -2.32. The second-order valence-corrected chi connectivity index (χ2v) is 9.27. The lowest BCUT2D eigenvalue weighted by Crippen LogP contribution is -2.32. The molecular formula is C25H38O4. The second-order valence-electron chi connectivity index (χ2n) is 9.27. The summed E-state index contributed by atoms with van der Waals surface area (Å²) >= 11 is 0. The maximum Gasteiger partial charge on any atom is 0.203 e. The number of allylic oxidation sites excluding steroid dienone is 6. The number of Topliss-reactive ketones (excluding diaryl/α,β-unsaturated/α-hetero) is 1. The van der Waals surface area contributed by atoms with Crippen LogP contribution in [0.3, 0.4) is 0 Å². The minimum Gasteiger partial charge on any atom is -0.504 e. The maximum atomic E-state index is 13.1. The second kappa shape index (κ2) is 9.90. The van der Waals surface area contributed by atoms with Gasteiger partial charge in [-0.25, -0.2) is 0 Å². The molecule has 3 N–H and O–H groups in total. The summed E-state index contributed by atoms with van der Waals surface area (Å²) in [5.41, 5.74) is 3.36. The van der Waals surface area contributed by atoms with Crippen molar-refractivity contribution < 1.29 is 20.1 Å². The summed E-state index contributed by atoms with van der Waals surface area (Å²) < 4.78 is 0. The van der Waals surface area contributed by atoms with Crippen LogP contribution in [0, 0.1) is 17.3 Å². The average Bonchev–Trinajstić information content (AvgIpc) is 2.88. The predicted octanol–water partition coefficient (Wildman–Crippen LogP) is 5.19. The molecule has 0 spiro atoms. The van der Waals surface area contributed by atoms with E-state index in [9.17, 15) is 20.1 Å². The van der Waals surface area contributed by atoms with Gasteiger partial charge in [-0.2, -0.15) is 0 Å². The minimum absolute atomic E-state index is 0.107. The highest BCUT2D eigenvalue weighted by Gasteiger charge is 2.51. The molecule has 4 nitrogen and oxygen atoms in total. The van der Waals surface area contributed by atoms with E-state index in [1.807, 2.05) is 26.8 Å². The first-order valence-electron chi connectivity index (χ1n) is 10.9. The molecule has 0 heterocycles. The summed E-state index contributed by atoms with van der Waals surface area (Å²) in [5, 5.41) is 30.9. The predicted molar refractivity (Wildman–Crippen MR) is 117 cm³/mol. The van der Waals surface area contributed by atoms with Gasteiger partial charge in [-0.3, -0.25) is 4.79 Å². The summed E-state index contributed by atoms with van der Waals surface area (Å²) in [7, 11) is 0. The number of hydrogen-bond donors (Lipinski definition) is 3. The molecule has 0 radical (unpaired) electrons. The van der Waals surface area contributed by atoms with Crippen LogP contribution in [0.2, 0.25) is 0 Å². The average molecular weight is 403 g/mol. The molecule has 0 saturated heterocycles. The molecular weight excluding hydrogens is 364 g/mol. The van der Waals surface area contributed by atoms with Crippen molar-refractivity contribution in [1.82, 2.24) is 0 Å². The van der Waals surface area contributed by atoms with Gasteiger partial charge in [0, 0.05) is 23.9 Å². The standard InChI is InChI=1S/C25H38O4/c1-16-7-6-8-17(2)13-14-25(5)20(11-10-18(3)21(27)12-9-16)22(19(4)15-26)23(28)24(25)29/h7,10,13,19-21,26-28H,6,8-9,11-12,14-15H2,1-5H3/b16-7?,17-13-,18-10+. The molecule has 0 aliphatic heterocycles. The van der Waals surface area contributed by atoms with Crippen LogP contribution in [-0.4, -0.2) is 33.8 Å². The third-order valence-corrected chi connectivity index (χ3v) is 6.88. The first-order valence-corrected chi connectivity index (χ1v) is 10.9. The Morgan fingerprint density at radius 3 is 2.45 bits per heavy atom. The largest absolute Gasteiger partial charge is 0.504 e. The molecule has 2 aliphatic carbocycles. The first kappa shape index (κ1) is 23.6. The molecule has 2 rings (SSSR count). The van der Waals surface area contributed by atoms with Gasteiger partial charge < -0.3 is 15.3 Å². The van der Waals surface area contributed by atoms with Crippen LogP contribution in [0.5, 0.6) is 0 Å². The minimum atomic E-state index is -0.738. The van der Waals surface area contributed by atoms with E-state index >= 15 is 0 Å². The molecule has 0 fully saturated rings. The lowest BCUT2D eigenvalue weighted by atomic mass is 9.70. The molecule has 0 aromatic rings. The van der Waals surface area contributed by atoms with Crippen LogP contribution in [0.15, 0.2) is 46.3 Å². The number of ketones is 1. The van der Waals surface area contributed by atoms with Gasteiger partial charge in [-0.05, 0) is 70.4 Å². The quantitative estimate of drug-likeness (QED) is 0.556. The van der Waals surface area contributed by atoms with Gasteiger partial charge in [-0.1, -0.05) is 43.2 Å². The lowest BCUT2D eigenvalue weighted by molar-refractivity contribution is -0.126. The van der Waals surface area contributed by atoms with Crippen molar-refractivity contribution in [3.8, 4) is 0 Å². The first-order chi connectivity index (χ1) is 13.6. The van der Waals surface area contributed by atoms with E-state index in [0.29, 0.717) is 24.8 Å². The summed E-state index contributed by atoms with van der Waals surface area (Å²) in [4.78, 5) is 13.1. The number of hydrogen-bond acceptors (Lipinski definition) is 4. The van der Waals surface area contributed by atoms with Crippen LogP contribution < -0.4 is 0 Å². The van der Waals surface area contributed by atoms with Gasteiger partial charge in [-0.15, -0.1) is 0 Å². The van der Waals surface area contributed by atoms with E-state index < -0.39 is 11.5 Å². The highest BCUT2D eigenvalue weighted by Crippen LogP contribution is 2.50. The van der Waals surface area contributed by atoms with E-state index in [0.717, 1.165) is 24.8 Å². The third-order valence-electron chi connectivity index (χ3n) is 6.88. The maximum absolute atomic E-state index is 13.1. The normalized spacial score (nSPS) is 34.9. The molecule has 4 unspecified atom stereocenters. The fraction of sp³-hybridized carbons (Fsp3) is 0.640. The van der Waals surface area contributed by atoms with Crippen molar-refractivity contribution in [2.75, 3.05) is 6.61 Å². The fourth-order valence-corrected chi connectivity index (χ4v) is 4.53. The van der Waals surface area contributed by atoms with Crippen LogP contribution in [0.25, 0.3) is 0 Å². The SMILES string of the molecule is CC1=CCC/C(C)=C\CC2(C)C(=O)C(O)=C(C(C)CO)C2C/C=C(\C)C(O)CC1. The number of carbonyl (C=O) groups excluding carboxylic acids is 1. The van der Waals surface area contributed by atoms with Gasteiger partial charge in [0.25, 0.3) is 0 Å². The van der Waals surface area contributed by atoms with E-state index in [1.54, 1.807) is 0 Å². The summed E-state index contributed by atoms with van der Waals surface area (Å²) in [6, 6.07) is 0. The van der Waals surface area contributed by atoms with Crippen molar-refractivity contribution in [3.63, 3.8) is 0 Å². The topological polar surface area (TPSA) is 77.8 Å².